The number of aryl methyl sites for hydroxylation is 1. The van der Waals surface area contributed by atoms with E-state index in [1.165, 1.54) is 4.68 Å². The van der Waals surface area contributed by atoms with Crippen molar-refractivity contribution >= 4 is 10.8 Å². The summed E-state index contributed by atoms with van der Waals surface area (Å²) in [4.78, 5) is 12.3. The molecule has 0 aliphatic rings. The molecular weight excluding hydrogens is 262 g/mol. The van der Waals surface area contributed by atoms with Gasteiger partial charge in [-0.1, -0.05) is 42.5 Å². The smallest absolute Gasteiger partial charge is 0.274 e. The maximum absolute atomic E-state index is 12.3. The van der Waals surface area contributed by atoms with E-state index >= 15 is 0 Å². The number of benzene rings is 2. The molecule has 0 saturated heterocycles. The fourth-order valence-corrected chi connectivity index (χ4v) is 2.46. The number of hydrogen-bond donors (Lipinski definition) is 1. The molecule has 1 aromatic heterocycles. The summed E-state index contributed by atoms with van der Waals surface area (Å²) in [6.45, 7) is 2.99. The second kappa shape index (κ2) is 5.50. The number of nitrogens with two attached hydrogens (primary N) is 1. The average Bonchev–Trinajstić information content (AvgIpc) is 2.56. The van der Waals surface area contributed by atoms with Crippen molar-refractivity contribution in [3.63, 3.8) is 0 Å². The highest BCUT2D eigenvalue weighted by molar-refractivity contribution is 5.93. The van der Waals surface area contributed by atoms with Gasteiger partial charge in [-0.3, -0.25) is 4.79 Å². The molecule has 0 aliphatic heterocycles. The van der Waals surface area contributed by atoms with Crippen LogP contribution in [0.5, 0.6) is 0 Å². The SMILES string of the molecule is CCn1nc(-c2ccc(CN)cc2)c2ccccc2c1=O. The molecule has 0 radical (unpaired) electrons. The van der Waals surface area contributed by atoms with Gasteiger partial charge in [-0.25, -0.2) is 4.68 Å². The summed E-state index contributed by atoms with van der Waals surface area (Å²) in [6, 6.07) is 15.6. The molecule has 1 heterocycles. The molecule has 2 N–H and O–H groups in total. The van der Waals surface area contributed by atoms with E-state index in [0.29, 0.717) is 18.5 Å². The molecule has 0 amide bonds. The summed E-state index contributed by atoms with van der Waals surface area (Å²) < 4.78 is 1.51. The lowest BCUT2D eigenvalue weighted by atomic mass is 10.0. The van der Waals surface area contributed by atoms with Gasteiger partial charge in [0.25, 0.3) is 5.56 Å². The van der Waals surface area contributed by atoms with Crippen molar-refractivity contribution in [1.82, 2.24) is 9.78 Å². The second-order valence-corrected chi connectivity index (χ2v) is 4.92. The van der Waals surface area contributed by atoms with E-state index in [-0.39, 0.29) is 5.56 Å². The first-order chi connectivity index (χ1) is 10.2. The zero-order valence-corrected chi connectivity index (χ0v) is 11.9. The van der Waals surface area contributed by atoms with Crippen LogP contribution in [0.15, 0.2) is 53.3 Å². The third kappa shape index (κ3) is 2.34. The zero-order valence-electron chi connectivity index (χ0n) is 11.9. The molecule has 2 aromatic carbocycles. The lowest BCUT2D eigenvalue weighted by Crippen LogP contribution is -2.22. The summed E-state index contributed by atoms with van der Waals surface area (Å²) in [5, 5.41) is 6.10. The minimum Gasteiger partial charge on any atom is -0.326 e. The predicted molar refractivity (Wildman–Crippen MR) is 85.0 cm³/mol. The molecule has 106 valence electrons. The van der Waals surface area contributed by atoms with Gasteiger partial charge in [-0.05, 0) is 18.6 Å². The maximum atomic E-state index is 12.3. The Labute approximate surface area is 122 Å². The number of aromatic nitrogens is 2. The first kappa shape index (κ1) is 13.5. The van der Waals surface area contributed by atoms with Crippen LogP contribution in [0.25, 0.3) is 22.0 Å². The van der Waals surface area contributed by atoms with Crippen molar-refractivity contribution in [3.05, 3.63) is 64.4 Å². The Morgan fingerprint density at radius 2 is 1.71 bits per heavy atom. The van der Waals surface area contributed by atoms with Crippen LogP contribution in [0.3, 0.4) is 0 Å². The van der Waals surface area contributed by atoms with Crippen LogP contribution in [0.1, 0.15) is 12.5 Å². The topological polar surface area (TPSA) is 60.9 Å². The molecule has 0 aliphatic carbocycles. The van der Waals surface area contributed by atoms with Crippen molar-refractivity contribution in [2.45, 2.75) is 20.0 Å². The third-order valence-corrected chi connectivity index (χ3v) is 3.63. The summed E-state index contributed by atoms with van der Waals surface area (Å²) in [7, 11) is 0. The van der Waals surface area contributed by atoms with Crippen molar-refractivity contribution < 1.29 is 0 Å². The molecule has 0 spiro atoms. The fourth-order valence-electron chi connectivity index (χ4n) is 2.46. The summed E-state index contributed by atoms with van der Waals surface area (Å²) >= 11 is 0. The summed E-state index contributed by atoms with van der Waals surface area (Å²) in [6.07, 6.45) is 0. The molecule has 0 fully saturated rings. The monoisotopic (exact) mass is 279 g/mol. The Balaban J connectivity index is 2.30. The number of fused-ring (bicyclic) bond motifs is 1. The molecule has 0 bridgehead atoms. The van der Waals surface area contributed by atoms with Crippen LogP contribution in [0.2, 0.25) is 0 Å². The van der Waals surface area contributed by atoms with Crippen molar-refractivity contribution in [2.75, 3.05) is 0 Å². The van der Waals surface area contributed by atoms with Gasteiger partial charge in [0.2, 0.25) is 0 Å². The Morgan fingerprint density at radius 3 is 2.33 bits per heavy atom. The van der Waals surface area contributed by atoms with Crippen molar-refractivity contribution in [1.29, 1.82) is 0 Å². The standard InChI is InChI=1S/C17H17N3O/c1-2-20-17(21)15-6-4-3-5-14(15)16(19-20)13-9-7-12(11-18)8-10-13/h3-10H,2,11,18H2,1H3. The molecule has 0 unspecified atom stereocenters. The first-order valence-electron chi connectivity index (χ1n) is 7.04. The summed E-state index contributed by atoms with van der Waals surface area (Å²) in [5.74, 6) is 0. The predicted octanol–water partition coefficient (Wildman–Crippen LogP) is 2.54. The average molecular weight is 279 g/mol. The number of nitrogens with zero attached hydrogens (tertiary/aromatic N) is 2. The highest BCUT2D eigenvalue weighted by Crippen LogP contribution is 2.24. The van der Waals surface area contributed by atoms with Crippen LogP contribution in [0, 0.1) is 0 Å². The van der Waals surface area contributed by atoms with Crippen molar-refractivity contribution in [2.24, 2.45) is 5.73 Å². The van der Waals surface area contributed by atoms with Gasteiger partial charge in [0, 0.05) is 24.0 Å². The molecule has 4 heteroatoms. The molecule has 0 saturated carbocycles. The zero-order chi connectivity index (χ0) is 14.8. The lowest BCUT2D eigenvalue weighted by molar-refractivity contribution is 0.626. The van der Waals surface area contributed by atoms with E-state index < -0.39 is 0 Å². The number of hydrogen-bond acceptors (Lipinski definition) is 3. The summed E-state index contributed by atoms with van der Waals surface area (Å²) in [5.41, 5.74) is 8.48. The molecule has 0 atom stereocenters. The first-order valence-corrected chi connectivity index (χ1v) is 7.04. The van der Waals surface area contributed by atoms with Crippen LogP contribution in [-0.2, 0) is 13.1 Å². The Hall–Kier alpha value is -2.46. The van der Waals surface area contributed by atoms with Gasteiger partial charge >= 0.3 is 0 Å². The minimum absolute atomic E-state index is 0.0459. The van der Waals surface area contributed by atoms with Crippen LogP contribution < -0.4 is 11.3 Å². The highest BCUT2D eigenvalue weighted by Gasteiger charge is 2.11. The molecule has 3 rings (SSSR count). The van der Waals surface area contributed by atoms with E-state index in [2.05, 4.69) is 5.10 Å². The Kier molecular flexibility index (Phi) is 3.54. The highest BCUT2D eigenvalue weighted by atomic mass is 16.1. The van der Waals surface area contributed by atoms with E-state index in [1.807, 2.05) is 55.5 Å². The van der Waals surface area contributed by atoms with Gasteiger partial charge in [0.15, 0.2) is 0 Å². The van der Waals surface area contributed by atoms with Crippen LogP contribution >= 0.6 is 0 Å². The molecule has 4 nitrogen and oxygen atoms in total. The molecule has 21 heavy (non-hydrogen) atoms. The van der Waals surface area contributed by atoms with Crippen LogP contribution in [0.4, 0.5) is 0 Å². The number of rotatable bonds is 3. The van der Waals surface area contributed by atoms with Gasteiger partial charge in [0.1, 0.15) is 0 Å². The van der Waals surface area contributed by atoms with Gasteiger partial charge in [-0.2, -0.15) is 5.10 Å². The van der Waals surface area contributed by atoms with Gasteiger partial charge in [0.05, 0.1) is 11.1 Å². The second-order valence-electron chi connectivity index (χ2n) is 4.92. The van der Waals surface area contributed by atoms with Crippen LogP contribution in [-0.4, -0.2) is 9.78 Å². The normalized spacial score (nSPS) is 11.0. The lowest BCUT2D eigenvalue weighted by Gasteiger charge is -2.10. The fraction of sp³-hybridized carbons (Fsp3) is 0.176. The van der Waals surface area contributed by atoms with E-state index in [9.17, 15) is 4.79 Å². The Bertz CT molecular complexity index is 835. The van der Waals surface area contributed by atoms with Gasteiger partial charge in [-0.15, -0.1) is 0 Å². The molecular formula is C17H17N3O. The van der Waals surface area contributed by atoms with Gasteiger partial charge < -0.3 is 5.73 Å². The maximum Gasteiger partial charge on any atom is 0.274 e. The minimum atomic E-state index is -0.0459. The third-order valence-electron chi connectivity index (χ3n) is 3.63. The van der Waals surface area contributed by atoms with E-state index in [4.69, 9.17) is 5.73 Å². The largest absolute Gasteiger partial charge is 0.326 e. The Morgan fingerprint density at radius 1 is 1.05 bits per heavy atom. The molecule has 3 aromatic rings. The quantitative estimate of drug-likeness (QED) is 0.801. The van der Waals surface area contributed by atoms with Crippen molar-refractivity contribution in [3.8, 4) is 11.3 Å². The van der Waals surface area contributed by atoms with E-state index in [0.717, 1.165) is 22.2 Å². The van der Waals surface area contributed by atoms with E-state index in [1.54, 1.807) is 0 Å².